The van der Waals surface area contributed by atoms with Crippen LogP contribution in [-0.4, -0.2) is 31.1 Å². The minimum absolute atomic E-state index is 0.0299. The molecule has 2 atom stereocenters. The van der Waals surface area contributed by atoms with Crippen LogP contribution in [0.3, 0.4) is 0 Å². The largest absolute Gasteiger partial charge is 0.469 e. The number of methoxy groups -OCH3 is 1. The van der Waals surface area contributed by atoms with E-state index in [4.69, 9.17) is 14.2 Å². The molecule has 0 aromatic heterocycles. The van der Waals surface area contributed by atoms with E-state index in [2.05, 4.69) is 0 Å². The van der Waals surface area contributed by atoms with Crippen LogP contribution < -0.4 is 9.47 Å². The molecular formula is C19H17NO7. The van der Waals surface area contributed by atoms with E-state index >= 15 is 0 Å². The van der Waals surface area contributed by atoms with E-state index in [1.807, 2.05) is 0 Å². The Hall–Kier alpha value is -3.42. The molecule has 0 radical (unpaired) electrons. The number of esters is 1. The molecule has 2 aromatic rings. The van der Waals surface area contributed by atoms with Crippen LogP contribution in [-0.2, 0) is 14.3 Å². The topological polar surface area (TPSA) is 105 Å². The second-order valence-electron chi connectivity index (χ2n) is 5.97. The Bertz CT molecular complexity index is 880. The van der Waals surface area contributed by atoms with Gasteiger partial charge in [0.1, 0.15) is 6.29 Å². The molecule has 0 bridgehead atoms. The highest BCUT2D eigenvalue weighted by Gasteiger charge is 2.33. The summed E-state index contributed by atoms with van der Waals surface area (Å²) in [5.41, 5.74) is 0.936. The van der Waals surface area contributed by atoms with Crippen LogP contribution >= 0.6 is 0 Å². The Morgan fingerprint density at radius 3 is 2.70 bits per heavy atom. The van der Waals surface area contributed by atoms with Crippen LogP contribution in [0.25, 0.3) is 0 Å². The lowest BCUT2D eigenvalue weighted by molar-refractivity contribution is -0.384. The van der Waals surface area contributed by atoms with Crippen molar-refractivity contribution >= 4 is 17.9 Å². The van der Waals surface area contributed by atoms with Gasteiger partial charge in [0.15, 0.2) is 11.5 Å². The van der Waals surface area contributed by atoms with Gasteiger partial charge in [0.2, 0.25) is 6.79 Å². The van der Waals surface area contributed by atoms with Crippen LogP contribution in [0.5, 0.6) is 11.5 Å². The smallest absolute Gasteiger partial charge is 0.313 e. The molecular weight excluding hydrogens is 354 g/mol. The Morgan fingerprint density at radius 1 is 1.22 bits per heavy atom. The first kappa shape index (κ1) is 18.4. The predicted octanol–water partition coefficient (Wildman–Crippen LogP) is 2.95. The summed E-state index contributed by atoms with van der Waals surface area (Å²) in [6.07, 6.45) is 0.741. The standard InChI is InChI=1S/C19H17NO7/c1-25-19(22)18(13-3-2-4-14(9-13)20(23)24)15(7-8-21)12-5-6-16-17(10-12)27-11-26-16/h2-6,8-10,15,18H,7,11H2,1H3. The molecule has 0 saturated heterocycles. The average Bonchev–Trinajstić information content (AvgIpc) is 3.15. The van der Waals surface area contributed by atoms with Crippen molar-refractivity contribution in [3.63, 3.8) is 0 Å². The van der Waals surface area contributed by atoms with Crippen LogP contribution in [0.15, 0.2) is 42.5 Å². The fourth-order valence-electron chi connectivity index (χ4n) is 3.20. The first-order chi connectivity index (χ1) is 13.0. The normalized spacial score (nSPS) is 14.3. The van der Waals surface area contributed by atoms with Gasteiger partial charge >= 0.3 is 5.97 Å². The number of non-ortho nitro benzene ring substituents is 1. The fraction of sp³-hybridized carbons (Fsp3) is 0.263. The van der Waals surface area contributed by atoms with Crippen molar-refractivity contribution < 1.29 is 28.7 Å². The number of benzene rings is 2. The Labute approximate surface area is 154 Å². The summed E-state index contributed by atoms with van der Waals surface area (Å²) in [5, 5.41) is 11.1. The molecule has 0 amide bonds. The minimum Gasteiger partial charge on any atom is -0.469 e. The maximum Gasteiger partial charge on any atom is 0.313 e. The van der Waals surface area contributed by atoms with Gasteiger partial charge in [-0.15, -0.1) is 0 Å². The number of nitrogens with zero attached hydrogens (tertiary/aromatic N) is 1. The fourth-order valence-corrected chi connectivity index (χ4v) is 3.20. The molecule has 1 heterocycles. The Morgan fingerprint density at radius 2 is 2.00 bits per heavy atom. The van der Waals surface area contributed by atoms with E-state index < -0.39 is 22.7 Å². The summed E-state index contributed by atoms with van der Waals surface area (Å²) < 4.78 is 15.6. The minimum atomic E-state index is -0.888. The number of carbonyl (C=O) groups is 2. The van der Waals surface area contributed by atoms with E-state index in [0.717, 1.165) is 0 Å². The van der Waals surface area contributed by atoms with Crippen LogP contribution in [0.2, 0.25) is 0 Å². The molecule has 0 N–H and O–H groups in total. The highest BCUT2D eigenvalue weighted by atomic mass is 16.7. The molecule has 27 heavy (non-hydrogen) atoms. The summed E-state index contributed by atoms with van der Waals surface area (Å²) in [4.78, 5) is 34.5. The van der Waals surface area contributed by atoms with Crippen molar-refractivity contribution in [2.24, 2.45) is 0 Å². The Balaban J connectivity index is 2.07. The number of rotatable bonds is 7. The lowest BCUT2D eigenvalue weighted by Gasteiger charge is -2.24. The molecule has 8 heteroatoms. The number of nitro benzene ring substituents is 1. The molecule has 3 rings (SSSR count). The zero-order valence-corrected chi connectivity index (χ0v) is 14.5. The number of fused-ring (bicyclic) bond motifs is 1. The monoisotopic (exact) mass is 371 g/mol. The molecule has 8 nitrogen and oxygen atoms in total. The first-order valence-corrected chi connectivity index (χ1v) is 8.20. The molecule has 2 aromatic carbocycles. The first-order valence-electron chi connectivity index (χ1n) is 8.20. The zero-order chi connectivity index (χ0) is 19.4. The number of aldehydes is 1. The van der Waals surface area contributed by atoms with Crippen molar-refractivity contribution in [1.29, 1.82) is 0 Å². The summed E-state index contributed by atoms with van der Waals surface area (Å²) in [6, 6.07) is 10.9. The zero-order valence-electron chi connectivity index (χ0n) is 14.5. The summed E-state index contributed by atoms with van der Waals surface area (Å²) in [6.45, 7) is 0.0996. The molecule has 0 fully saturated rings. The van der Waals surface area contributed by atoms with E-state index in [0.29, 0.717) is 28.9 Å². The third kappa shape index (κ3) is 3.74. The van der Waals surface area contributed by atoms with Crippen molar-refractivity contribution in [2.45, 2.75) is 18.3 Å². The summed E-state index contributed by atoms with van der Waals surface area (Å²) in [5.74, 6) is -0.952. The van der Waals surface area contributed by atoms with Crippen molar-refractivity contribution in [3.05, 3.63) is 63.7 Å². The van der Waals surface area contributed by atoms with Crippen molar-refractivity contribution in [2.75, 3.05) is 13.9 Å². The van der Waals surface area contributed by atoms with Gasteiger partial charge < -0.3 is 19.0 Å². The van der Waals surface area contributed by atoms with Gasteiger partial charge in [-0.05, 0) is 23.3 Å². The average molecular weight is 371 g/mol. The molecule has 2 unspecified atom stereocenters. The molecule has 1 aliphatic rings. The SMILES string of the molecule is COC(=O)C(c1cccc([N+](=O)[O-])c1)C(CC=O)c1ccc2c(c1)OCO2. The molecule has 0 spiro atoms. The highest BCUT2D eigenvalue weighted by Crippen LogP contribution is 2.41. The maximum absolute atomic E-state index is 12.6. The third-order valence-electron chi connectivity index (χ3n) is 4.47. The van der Waals surface area contributed by atoms with Gasteiger partial charge in [-0.25, -0.2) is 0 Å². The van der Waals surface area contributed by atoms with Crippen LogP contribution in [0.4, 0.5) is 5.69 Å². The Kier molecular flexibility index (Phi) is 5.35. The second-order valence-corrected chi connectivity index (χ2v) is 5.97. The van der Waals surface area contributed by atoms with Crippen LogP contribution in [0.1, 0.15) is 29.4 Å². The third-order valence-corrected chi connectivity index (χ3v) is 4.47. The quantitative estimate of drug-likeness (QED) is 0.319. The number of ether oxygens (including phenoxy) is 3. The predicted molar refractivity (Wildman–Crippen MR) is 93.8 cm³/mol. The molecule has 0 saturated carbocycles. The lowest BCUT2D eigenvalue weighted by Crippen LogP contribution is -2.22. The lowest BCUT2D eigenvalue weighted by atomic mass is 9.79. The van der Waals surface area contributed by atoms with Gasteiger partial charge in [0.25, 0.3) is 5.69 Å². The molecule has 1 aliphatic heterocycles. The van der Waals surface area contributed by atoms with Gasteiger partial charge in [0, 0.05) is 24.5 Å². The van der Waals surface area contributed by atoms with E-state index in [9.17, 15) is 19.7 Å². The molecule has 0 aliphatic carbocycles. The maximum atomic E-state index is 12.6. The molecule has 140 valence electrons. The van der Waals surface area contributed by atoms with Gasteiger partial charge in [-0.1, -0.05) is 18.2 Å². The number of hydrogen-bond acceptors (Lipinski definition) is 7. The second kappa shape index (κ2) is 7.86. The van der Waals surface area contributed by atoms with Gasteiger partial charge in [-0.3, -0.25) is 14.9 Å². The van der Waals surface area contributed by atoms with E-state index in [1.54, 1.807) is 24.3 Å². The van der Waals surface area contributed by atoms with Crippen molar-refractivity contribution in [1.82, 2.24) is 0 Å². The van der Waals surface area contributed by atoms with Crippen LogP contribution in [0, 0.1) is 10.1 Å². The summed E-state index contributed by atoms with van der Waals surface area (Å²) in [7, 11) is 1.24. The number of nitro groups is 1. The van der Waals surface area contributed by atoms with Gasteiger partial charge in [-0.2, -0.15) is 0 Å². The van der Waals surface area contributed by atoms with E-state index in [-0.39, 0.29) is 18.9 Å². The summed E-state index contributed by atoms with van der Waals surface area (Å²) >= 11 is 0. The van der Waals surface area contributed by atoms with Crippen molar-refractivity contribution in [3.8, 4) is 11.5 Å². The number of carbonyl (C=O) groups excluding carboxylic acids is 2. The number of hydrogen-bond donors (Lipinski definition) is 0. The van der Waals surface area contributed by atoms with E-state index in [1.165, 1.54) is 25.3 Å². The van der Waals surface area contributed by atoms with Gasteiger partial charge in [0.05, 0.1) is 18.0 Å². The highest BCUT2D eigenvalue weighted by molar-refractivity contribution is 5.80.